The van der Waals surface area contributed by atoms with Crippen molar-refractivity contribution < 1.29 is 31.9 Å². The van der Waals surface area contributed by atoms with Gasteiger partial charge in [0.05, 0.1) is 6.42 Å². The van der Waals surface area contributed by atoms with Crippen LogP contribution in [0.1, 0.15) is 29.8 Å². The number of hydrogen-bond acceptors (Lipinski definition) is 6. The fourth-order valence-corrected chi connectivity index (χ4v) is 3.36. The second-order valence-electron chi connectivity index (χ2n) is 7.27. The van der Waals surface area contributed by atoms with Gasteiger partial charge in [0.25, 0.3) is 5.91 Å². The number of urea groups is 1. The van der Waals surface area contributed by atoms with Crippen LogP contribution in [0.5, 0.6) is 5.75 Å². The van der Waals surface area contributed by atoms with Crippen molar-refractivity contribution in [2.24, 2.45) is 0 Å². The van der Waals surface area contributed by atoms with E-state index in [1.165, 1.54) is 19.1 Å². The Hall–Kier alpha value is -3.89. The number of nitrogens with zero attached hydrogens (tertiary/aromatic N) is 3. The molecule has 0 spiro atoms. The van der Waals surface area contributed by atoms with E-state index in [0.29, 0.717) is 17.9 Å². The lowest BCUT2D eigenvalue weighted by molar-refractivity contribution is -0.274. The molecule has 4 rings (SSSR count). The van der Waals surface area contributed by atoms with Gasteiger partial charge in [-0.25, -0.2) is 4.79 Å². The lowest BCUT2D eigenvalue weighted by Crippen LogP contribution is -2.40. The molecular formula is C21H17F3N4O4. The molecule has 0 saturated carbocycles. The van der Waals surface area contributed by atoms with Gasteiger partial charge in [0.15, 0.2) is 0 Å². The highest BCUT2D eigenvalue weighted by molar-refractivity contribution is 6.07. The molecule has 1 unspecified atom stereocenters. The van der Waals surface area contributed by atoms with Gasteiger partial charge in [0.1, 0.15) is 17.8 Å². The summed E-state index contributed by atoms with van der Waals surface area (Å²) in [5.74, 6) is -0.621. The van der Waals surface area contributed by atoms with Crippen molar-refractivity contribution >= 4 is 11.9 Å². The number of imide groups is 1. The van der Waals surface area contributed by atoms with Crippen molar-refractivity contribution in [3.8, 4) is 5.75 Å². The SMILES string of the molecule is CC1(c2ccc(OC(F)(F)F)cc2)NC(=O)N(Cc2nnc(Cc3ccccc3)o2)C1=O. The minimum Gasteiger partial charge on any atom is -0.423 e. The van der Waals surface area contributed by atoms with E-state index < -0.39 is 29.6 Å². The Morgan fingerprint density at radius 2 is 1.69 bits per heavy atom. The number of amides is 3. The second kappa shape index (κ2) is 7.98. The van der Waals surface area contributed by atoms with Crippen LogP contribution in [0, 0.1) is 0 Å². The molecule has 0 radical (unpaired) electrons. The molecule has 8 nitrogen and oxygen atoms in total. The van der Waals surface area contributed by atoms with Crippen LogP contribution in [0.25, 0.3) is 0 Å². The fraction of sp³-hybridized carbons (Fsp3) is 0.238. The van der Waals surface area contributed by atoms with Gasteiger partial charge in [0.2, 0.25) is 11.8 Å². The summed E-state index contributed by atoms with van der Waals surface area (Å²) in [7, 11) is 0. The maximum atomic E-state index is 13.0. The van der Waals surface area contributed by atoms with Gasteiger partial charge in [-0.2, -0.15) is 0 Å². The van der Waals surface area contributed by atoms with Crippen LogP contribution in [0.2, 0.25) is 0 Å². The van der Waals surface area contributed by atoms with Crippen LogP contribution in [-0.4, -0.2) is 33.4 Å². The van der Waals surface area contributed by atoms with Crippen LogP contribution in [0.4, 0.5) is 18.0 Å². The number of carbonyl (C=O) groups is 2. The molecule has 2 heterocycles. The van der Waals surface area contributed by atoms with E-state index in [4.69, 9.17) is 4.42 Å². The van der Waals surface area contributed by atoms with E-state index in [9.17, 15) is 22.8 Å². The molecule has 1 aromatic heterocycles. The highest BCUT2D eigenvalue weighted by atomic mass is 19.4. The third kappa shape index (κ3) is 4.41. The monoisotopic (exact) mass is 446 g/mol. The van der Waals surface area contributed by atoms with E-state index >= 15 is 0 Å². The minimum absolute atomic E-state index is 0.0811. The molecule has 3 amide bonds. The van der Waals surface area contributed by atoms with Gasteiger partial charge >= 0.3 is 12.4 Å². The summed E-state index contributed by atoms with van der Waals surface area (Å²) in [6.45, 7) is 1.22. The molecule has 0 bridgehead atoms. The molecule has 1 atom stereocenters. The predicted molar refractivity (Wildman–Crippen MR) is 103 cm³/mol. The average molecular weight is 446 g/mol. The maximum absolute atomic E-state index is 13.0. The lowest BCUT2D eigenvalue weighted by atomic mass is 9.92. The van der Waals surface area contributed by atoms with Crippen molar-refractivity contribution in [2.75, 3.05) is 0 Å². The minimum atomic E-state index is -4.83. The molecule has 32 heavy (non-hydrogen) atoms. The zero-order chi connectivity index (χ0) is 22.9. The molecular weight excluding hydrogens is 429 g/mol. The fourth-order valence-electron chi connectivity index (χ4n) is 3.36. The molecule has 1 aliphatic rings. The first-order chi connectivity index (χ1) is 15.1. The van der Waals surface area contributed by atoms with Gasteiger partial charge in [-0.15, -0.1) is 23.4 Å². The van der Waals surface area contributed by atoms with E-state index in [1.54, 1.807) is 0 Å². The van der Waals surface area contributed by atoms with Crippen LogP contribution in [-0.2, 0) is 23.3 Å². The number of carbonyl (C=O) groups excluding carboxylic acids is 2. The quantitative estimate of drug-likeness (QED) is 0.582. The van der Waals surface area contributed by atoms with Crippen molar-refractivity contribution in [1.82, 2.24) is 20.4 Å². The summed E-state index contributed by atoms with van der Waals surface area (Å²) in [5.41, 5.74) is -0.216. The van der Waals surface area contributed by atoms with Gasteiger partial charge < -0.3 is 14.5 Å². The molecule has 11 heteroatoms. The summed E-state index contributed by atoms with van der Waals surface area (Å²) in [6.07, 6.45) is -4.43. The summed E-state index contributed by atoms with van der Waals surface area (Å²) >= 11 is 0. The number of nitrogens with one attached hydrogen (secondary N) is 1. The lowest BCUT2D eigenvalue weighted by Gasteiger charge is -2.22. The smallest absolute Gasteiger partial charge is 0.423 e. The highest BCUT2D eigenvalue weighted by Gasteiger charge is 2.49. The molecule has 2 aromatic carbocycles. The van der Waals surface area contributed by atoms with Gasteiger partial charge in [-0.1, -0.05) is 42.5 Å². The number of aromatic nitrogens is 2. The van der Waals surface area contributed by atoms with E-state index in [-0.39, 0.29) is 12.4 Å². The van der Waals surface area contributed by atoms with Crippen LogP contribution >= 0.6 is 0 Å². The van der Waals surface area contributed by atoms with Crippen molar-refractivity contribution in [1.29, 1.82) is 0 Å². The maximum Gasteiger partial charge on any atom is 0.573 e. The summed E-state index contributed by atoms with van der Waals surface area (Å²) < 4.78 is 46.5. The molecule has 1 fully saturated rings. The number of ether oxygens (including phenoxy) is 1. The Balaban J connectivity index is 1.47. The van der Waals surface area contributed by atoms with Crippen molar-refractivity contribution in [3.63, 3.8) is 0 Å². The summed E-state index contributed by atoms with van der Waals surface area (Å²) in [5, 5.41) is 10.4. The highest BCUT2D eigenvalue weighted by Crippen LogP contribution is 2.32. The Labute approximate surface area is 180 Å². The topological polar surface area (TPSA) is 97.6 Å². The first-order valence-electron chi connectivity index (χ1n) is 9.50. The van der Waals surface area contributed by atoms with E-state index in [1.807, 2.05) is 30.3 Å². The zero-order valence-electron chi connectivity index (χ0n) is 16.7. The molecule has 1 N–H and O–H groups in total. The van der Waals surface area contributed by atoms with Gasteiger partial charge in [-0.3, -0.25) is 9.69 Å². The third-order valence-electron chi connectivity index (χ3n) is 4.94. The van der Waals surface area contributed by atoms with E-state index in [2.05, 4.69) is 20.3 Å². The summed E-state index contributed by atoms with van der Waals surface area (Å²) in [6, 6.07) is 13.5. The van der Waals surface area contributed by atoms with E-state index in [0.717, 1.165) is 22.6 Å². The largest absolute Gasteiger partial charge is 0.573 e. The first-order valence-corrected chi connectivity index (χ1v) is 9.50. The van der Waals surface area contributed by atoms with Crippen LogP contribution in [0.15, 0.2) is 59.0 Å². The third-order valence-corrected chi connectivity index (χ3v) is 4.94. The van der Waals surface area contributed by atoms with Gasteiger partial charge in [0, 0.05) is 0 Å². The molecule has 1 saturated heterocycles. The van der Waals surface area contributed by atoms with Crippen molar-refractivity contribution in [3.05, 3.63) is 77.5 Å². The van der Waals surface area contributed by atoms with Crippen LogP contribution < -0.4 is 10.1 Å². The normalized spacial score (nSPS) is 18.7. The second-order valence-corrected chi connectivity index (χ2v) is 7.27. The van der Waals surface area contributed by atoms with Gasteiger partial charge in [-0.05, 0) is 30.2 Å². The standard InChI is InChI=1S/C21H17F3N4O4/c1-20(14-7-9-15(10-8-14)32-21(22,23)24)18(29)28(19(30)25-20)12-17-27-26-16(31-17)11-13-5-3-2-4-6-13/h2-10H,11-12H2,1H3,(H,25,30). The Kier molecular flexibility index (Phi) is 5.33. The molecule has 0 aliphatic carbocycles. The first kappa shape index (κ1) is 21.3. The Morgan fingerprint density at radius 1 is 1.03 bits per heavy atom. The number of rotatable bonds is 6. The number of hydrogen-bond donors (Lipinski definition) is 1. The molecule has 166 valence electrons. The Morgan fingerprint density at radius 3 is 2.34 bits per heavy atom. The van der Waals surface area contributed by atoms with Crippen molar-refractivity contribution in [2.45, 2.75) is 31.8 Å². The zero-order valence-corrected chi connectivity index (χ0v) is 16.7. The average Bonchev–Trinajstić information content (AvgIpc) is 3.26. The molecule has 1 aliphatic heterocycles. The number of benzene rings is 2. The predicted octanol–water partition coefficient (Wildman–Crippen LogP) is 3.53. The molecule has 3 aromatic rings. The Bertz CT molecular complexity index is 1130. The summed E-state index contributed by atoms with van der Waals surface area (Å²) in [4.78, 5) is 26.4. The van der Waals surface area contributed by atoms with Crippen LogP contribution in [0.3, 0.4) is 0 Å². The number of halogens is 3. The number of alkyl halides is 3.